The molecule has 0 saturated heterocycles. The molecule has 0 radical (unpaired) electrons. The number of nitrogens with one attached hydrogen (secondary N) is 1. The molecule has 2 unspecified atom stereocenters. The third-order valence-electron chi connectivity index (χ3n) is 4.36. The standard InChI is InChI=1S/C17H21N3O/c1-11-6-7-12(8-11)10-19-17(21)15-9-13-4-2-3-5-14(13)16(18)20-15/h2-5,9,11-12H,6-8,10H2,1H3,(H2,18,20)(H,19,21). The van der Waals surface area contributed by atoms with Gasteiger partial charge in [-0.15, -0.1) is 0 Å². The van der Waals surface area contributed by atoms with Crippen molar-refractivity contribution in [1.29, 1.82) is 0 Å². The highest BCUT2D eigenvalue weighted by Crippen LogP contribution is 2.29. The zero-order valence-electron chi connectivity index (χ0n) is 12.3. The van der Waals surface area contributed by atoms with Crippen molar-refractivity contribution in [2.45, 2.75) is 26.2 Å². The largest absolute Gasteiger partial charge is 0.383 e. The number of carbonyl (C=O) groups is 1. The monoisotopic (exact) mass is 283 g/mol. The molecule has 110 valence electrons. The topological polar surface area (TPSA) is 68.0 Å². The number of pyridine rings is 1. The molecule has 2 aromatic rings. The Hall–Kier alpha value is -2.10. The van der Waals surface area contributed by atoms with Crippen LogP contribution in [0.15, 0.2) is 30.3 Å². The van der Waals surface area contributed by atoms with Gasteiger partial charge in [0, 0.05) is 11.9 Å². The summed E-state index contributed by atoms with van der Waals surface area (Å²) >= 11 is 0. The first kappa shape index (κ1) is 13.9. The van der Waals surface area contributed by atoms with Crippen LogP contribution in [0.2, 0.25) is 0 Å². The number of aromatic nitrogens is 1. The highest BCUT2D eigenvalue weighted by Gasteiger charge is 2.22. The van der Waals surface area contributed by atoms with Gasteiger partial charge in [-0.3, -0.25) is 4.79 Å². The average Bonchev–Trinajstić information content (AvgIpc) is 2.90. The molecule has 3 rings (SSSR count). The van der Waals surface area contributed by atoms with E-state index in [0.717, 1.165) is 23.2 Å². The number of nitrogens with zero attached hydrogens (tertiary/aromatic N) is 1. The van der Waals surface area contributed by atoms with Crippen LogP contribution in [0.5, 0.6) is 0 Å². The molecule has 1 fully saturated rings. The van der Waals surface area contributed by atoms with Crippen molar-refractivity contribution in [3.05, 3.63) is 36.0 Å². The van der Waals surface area contributed by atoms with Crippen LogP contribution in [0.4, 0.5) is 5.82 Å². The van der Waals surface area contributed by atoms with Crippen molar-refractivity contribution >= 4 is 22.5 Å². The highest BCUT2D eigenvalue weighted by molar-refractivity contribution is 5.99. The van der Waals surface area contributed by atoms with Gasteiger partial charge in [-0.25, -0.2) is 4.98 Å². The zero-order valence-corrected chi connectivity index (χ0v) is 12.3. The van der Waals surface area contributed by atoms with E-state index in [1.807, 2.05) is 24.3 Å². The summed E-state index contributed by atoms with van der Waals surface area (Å²) in [6, 6.07) is 9.52. The number of hydrogen-bond acceptors (Lipinski definition) is 3. The number of rotatable bonds is 3. The summed E-state index contributed by atoms with van der Waals surface area (Å²) in [5.41, 5.74) is 6.34. The average molecular weight is 283 g/mol. The van der Waals surface area contributed by atoms with Gasteiger partial charge in [0.15, 0.2) is 0 Å². The number of fused-ring (bicyclic) bond motifs is 1. The van der Waals surface area contributed by atoms with Crippen LogP contribution in [-0.2, 0) is 0 Å². The molecule has 1 aromatic heterocycles. The van der Waals surface area contributed by atoms with E-state index in [4.69, 9.17) is 5.73 Å². The first-order valence-corrected chi connectivity index (χ1v) is 7.57. The molecule has 4 heteroatoms. The Balaban J connectivity index is 1.72. The number of hydrogen-bond donors (Lipinski definition) is 2. The first-order valence-electron chi connectivity index (χ1n) is 7.57. The Labute approximate surface area is 124 Å². The molecular weight excluding hydrogens is 262 g/mol. The first-order chi connectivity index (χ1) is 10.1. The van der Waals surface area contributed by atoms with Crippen molar-refractivity contribution in [1.82, 2.24) is 10.3 Å². The van der Waals surface area contributed by atoms with Crippen LogP contribution in [0, 0.1) is 11.8 Å². The minimum absolute atomic E-state index is 0.132. The second kappa shape index (κ2) is 5.72. The fourth-order valence-electron chi connectivity index (χ4n) is 3.18. The minimum Gasteiger partial charge on any atom is -0.383 e. The van der Waals surface area contributed by atoms with Crippen LogP contribution in [0.1, 0.15) is 36.7 Å². The maximum absolute atomic E-state index is 12.2. The van der Waals surface area contributed by atoms with Crippen molar-refractivity contribution in [2.75, 3.05) is 12.3 Å². The van der Waals surface area contributed by atoms with Gasteiger partial charge in [0.1, 0.15) is 11.5 Å². The van der Waals surface area contributed by atoms with Gasteiger partial charge >= 0.3 is 0 Å². The van der Waals surface area contributed by atoms with Gasteiger partial charge in [-0.1, -0.05) is 37.6 Å². The Kier molecular flexibility index (Phi) is 3.78. The van der Waals surface area contributed by atoms with Gasteiger partial charge in [-0.05, 0) is 36.1 Å². The Bertz CT molecular complexity index is 668. The molecule has 1 aromatic carbocycles. The van der Waals surface area contributed by atoms with E-state index in [1.54, 1.807) is 6.07 Å². The van der Waals surface area contributed by atoms with Crippen molar-refractivity contribution in [3.8, 4) is 0 Å². The number of benzene rings is 1. The molecule has 0 aliphatic heterocycles. The molecule has 2 atom stereocenters. The number of anilines is 1. The highest BCUT2D eigenvalue weighted by atomic mass is 16.1. The lowest BCUT2D eigenvalue weighted by atomic mass is 10.1. The number of carbonyl (C=O) groups excluding carboxylic acids is 1. The van der Waals surface area contributed by atoms with Crippen LogP contribution in [0.25, 0.3) is 10.8 Å². The van der Waals surface area contributed by atoms with E-state index in [9.17, 15) is 4.79 Å². The molecule has 1 heterocycles. The summed E-state index contributed by atoms with van der Waals surface area (Å²) in [7, 11) is 0. The van der Waals surface area contributed by atoms with Crippen molar-refractivity contribution in [2.24, 2.45) is 11.8 Å². The number of nitrogens with two attached hydrogens (primary N) is 1. The molecular formula is C17H21N3O. The zero-order chi connectivity index (χ0) is 14.8. The fourth-order valence-corrected chi connectivity index (χ4v) is 3.18. The molecule has 4 nitrogen and oxygen atoms in total. The molecule has 1 saturated carbocycles. The van der Waals surface area contributed by atoms with E-state index >= 15 is 0 Å². The van der Waals surface area contributed by atoms with Gasteiger partial charge < -0.3 is 11.1 Å². The predicted octanol–water partition coefficient (Wildman–Crippen LogP) is 2.98. The summed E-state index contributed by atoms with van der Waals surface area (Å²) in [6.45, 7) is 3.00. The van der Waals surface area contributed by atoms with Gasteiger partial charge in [0.25, 0.3) is 5.91 Å². The summed E-state index contributed by atoms with van der Waals surface area (Å²) in [5.74, 6) is 1.66. The fraction of sp³-hybridized carbons (Fsp3) is 0.412. The number of nitrogen functional groups attached to an aromatic ring is 1. The van der Waals surface area contributed by atoms with Gasteiger partial charge in [0.05, 0.1) is 0 Å². The van der Waals surface area contributed by atoms with E-state index in [-0.39, 0.29) is 5.91 Å². The van der Waals surface area contributed by atoms with Crippen LogP contribution >= 0.6 is 0 Å². The quantitative estimate of drug-likeness (QED) is 0.910. The lowest BCUT2D eigenvalue weighted by Gasteiger charge is -2.11. The van der Waals surface area contributed by atoms with Gasteiger partial charge in [0.2, 0.25) is 0 Å². The predicted molar refractivity (Wildman–Crippen MR) is 85.0 cm³/mol. The lowest BCUT2D eigenvalue weighted by Crippen LogP contribution is -2.29. The maximum atomic E-state index is 12.2. The third-order valence-corrected chi connectivity index (χ3v) is 4.36. The molecule has 3 N–H and O–H groups in total. The molecule has 21 heavy (non-hydrogen) atoms. The summed E-state index contributed by atoms with van der Waals surface area (Å²) in [5, 5.41) is 4.83. The van der Waals surface area contributed by atoms with Crippen LogP contribution in [0.3, 0.4) is 0 Å². The smallest absolute Gasteiger partial charge is 0.270 e. The van der Waals surface area contributed by atoms with E-state index in [0.29, 0.717) is 17.4 Å². The third kappa shape index (κ3) is 2.99. The summed E-state index contributed by atoms with van der Waals surface area (Å²) < 4.78 is 0. The van der Waals surface area contributed by atoms with Crippen LogP contribution < -0.4 is 11.1 Å². The summed E-state index contributed by atoms with van der Waals surface area (Å²) in [4.78, 5) is 16.5. The Morgan fingerprint density at radius 3 is 2.95 bits per heavy atom. The Morgan fingerprint density at radius 2 is 2.19 bits per heavy atom. The maximum Gasteiger partial charge on any atom is 0.270 e. The second-order valence-corrected chi connectivity index (χ2v) is 6.11. The molecule has 0 bridgehead atoms. The van der Waals surface area contributed by atoms with Gasteiger partial charge in [-0.2, -0.15) is 0 Å². The minimum atomic E-state index is -0.132. The van der Waals surface area contributed by atoms with Crippen molar-refractivity contribution < 1.29 is 4.79 Å². The van der Waals surface area contributed by atoms with E-state index < -0.39 is 0 Å². The van der Waals surface area contributed by atoms with Crippen LogP contribution in [-0.4, -0.2) is 17.4 Å². The lowest BCUT2D eigenvalue weighted by molar-refractivity contribution is 0.0942. The molecule has 1 amide bonds. The van der Waals surface area contributed by atoms with E-state index in [1.165, 1.54) is 19.3 Å². The van der Waals surface area contributed by atoms with E-state index in [2.05, 4.69) is 17.2 Å². The normalized spacial score (nSPS) is 21.6. The SMILES string of the molecule is CC1CCC(CNC(=O)c2cc3ccccc3c(N)n2)C1. The molecule has 0 spiro atoms. The Morgan fingerprint density at radius 1 is 1.38 bits per heavy atom. The molecule has 1 aliphatic rings. The van der Waals surface area contributed by atoms with Crippen molar-refractivity contribution in [3.63, 3.8) is 0 Å². The second-order valence-electron chi connectivity index (χ2n) is 6.11. The molecule has 1 aliphatic carbocycles. The number of amides is 1. The summed E-state index contributed by atoms with van der Waals surface area (Å²) in [6.07, 6.45) is 3.67.